The number of Topliss-reactive ketones (excluding diaryl/α,β-unsaturated/α-hetero) is 1. The topological polar surface area (TPSA) is 97.1 Å². The quantitative estimate of drug-likeness (QED) is 0.467. The Morgan fingerprint density at radius 1 is 0.920 bits per heavy atom. The molecular weight excluding hydrogens is 326 g/mol. The van der Waals surface area contributed by atoms with Gasteiger partial charge in [-0.15, -0.1) is 0 Å². The Kier molecular flexibility index (Phi) is 5.84. The van der Waals surface area contributed by atoms with Crippen LogP contribution in [0, 0.1) is 0 Å². The van der Waals surface area contributed by atoms with Gasteiger partial charge in [-0.2, -0.15) is 0 Å². The highest BCUT2D eigenvalue weighted by Crippen LogP contribution is 2.32. The summed E-state index contributed by atoms with van der Waals surface area (Å²) in [5.74, 6) is 0.304. The van der Waals surface area contributed by atoms with Gasteiger partial charge in [0.15, 0.2) is 23.9 Å². The molecule has 7 heteroatoms. The molecule has 25 heavy (non-hydrogen) atoms. The normalized spacial score (nSPS) is 10.0. The van der Waals surface area contributed by atoms with Gasteiger partial charge >= 0.3 is 5.97 Å². The van der Waals surface area contributed by atoms with Crippen LogP contribution in [-0.4, -0.2) is 39.7 Å². The summed E-state index contributed by atoms with van der Waals surface area (Å²) in [6, 6.07) is 9.37. The zero-order valence-electron chi connectivity index (χ0n) is 14.2. The second-order valence-electron chi connectivity index (χ2n) is 5.02. The lowest BCUT2D eigenvalue weighted by atomic mass is 10.1. The summed E-state index contributed by atoms with van der Waals surface area (Å²) < 4.78 is 20.3. The van der Waals surface area contributed by atoms with Crippen molar-refractivity contribution in [1.82, 2.24) is 0 Å². The molecule has 0 saturated carbocycles. The molecule has 0 fully saturated rings. The minimum atomic E-state index is -0.722. The zero-order valence-corrected chi connectivity index (χ0v) is 14.2. The van der Waals surface area contributed by atoms with Crippen molar-refractivity contribution in [2.45, 2.75) is 0 Å². The first-order valence-corrected chi connectivity index (χ1v) is 7.36. The predicted octanol–water partition coefficient (Wildman–Crippen LogP) is 2.33. The number of nitrogens with two attached hydrogens (primary N) is 1. The molecule has 0 aliphatic heterocycles. The summed E-state index contributed by atoms with van der Waals surface area (Å²) in [6.07, 6.45) is 0. The Morgan fingerprint density at radius 2 is 1.52 bits per heavy atom. The number of esters is 1. The average Bonchev–Trinajstić information content (AvgIpc) is 2.65. The third-order valence-electron chi connectivity index (χ3n) is 3.52. The molecule has 0 bridgehead atoms. The standard InChI is InChI=1S/C18H19NO6/c1-22-12-6-4-11(5-7-12)15(20)10-25-18(21)13-8-16(23-2)17(24-3)9-14(13)19/h4-9H,10,19H2,1-3H3. The van der Waals surface area contributed by atoms with E-state index in [-0.39, 0.29) is 17.0 Å². The van der Waals surface area contributed by atoms with Crippen molar-refractivity contribution in [3.05, 3.63) is 47.5 Å². The number of methoxy groups -OCH3 is 3. The molecule has 0 aliphatic rings. The van der Waals surface area contributed by atoms with Gasteiger partial charge in [0.1, 0.15) is 5.75 Å². The van der Waals surface area contributed by atoms with Crippen LogP contribution in [0.2, 0.25) is 0 Å². The van der Waals surface area contributed by atoms with Crippen molar-refractivity contribution in [2.24, 2.45) is 0 Å². The molecule has 2 rings (SSSR count). The monoisotopic (exact) mass is 345 g/mol. The Hall–Kier alpha value is -3.22. The minimum absolute atomic E-state index is 0.0974. The highest BCUT2D eigenvalue weighted by atomic mass is 16.5. The van der Waals surface area contributed by atoms with E-state index < -0.39 is 12.6 Å². The van der Waals surface area contributed by atoms with Crippen molar-refractivity contribution in [3.63, 3.8) is 0 Å². The average molecular weight is 345 g/mol. The molecule has 0 radical (unpaired) electrons. The van der Waals surface area contributed by atoms with Crippen molar-refractivity contribution in [2.75, 3.05) is 33.7 Å². The molecule has 0 heterocycles. The summed E-state index contributed by atoms with van der Waals surface area (Å²) >= 11 is 0. The third-order valence-corrected chi connectivity index (χ3v) is 3.52. The van der Waals surface area contributed by atoms with Gasteiger partial charge in [0.25, 0.3) is 0 Å². The second-order valence-corrected chi connectivity index (χ2v) is 5.02. The number of ether oxygens (including phenoxy) is 4. The molecule has 0 atom stereocenters. The fourth-order valence-electron chi connectivity index (χ4n) is 2.14. The van der Waals surface area contributed by atoms with Crippen LogP contribution in [0.3, 0.4) is 0 Å². The van der Waals surface area contributed by atoms with E-state index in [2.05, 4.69) is 0 Å². The highest BCUT2D eigenvalue weighted by Gasteiger charge is 2.18. The molecule has 2 aromatic carbocycles. The lowest BCUT2D eigenvalue weighted by Gasteiger charge is -2.12. The van der Waals surface area contributed by atoms with Gasteiger partial charge in [-0.3, -0.25) is 4.79 Å². The SMILES string of the molecule is COc1ccc(C(=O)COC(=O)c2cc(OC)c(OC)cc2N)cc1. The van der Waals surface area contributed by atoms with Crippen molar-refractivity contribution in [3.8, 4) is 17.2 Å². The molecule has 0 saturated heterocycles. The van der Waals surface area contributed by atoms with Crippen LogP contribution >= 0.6 is 0 Å². The number of benzene rings is 2. The second kappa shape index (κ2) is 8.05. The number of carbonyl (C=O) groups excluding carboxylic acids is 2. The number of hydrogen-bond acceptors (Lipinski definition) is 7. The largest absolute Gasteiger partial charge is 0.497 e. The van der Waals surface area contributed by atoms with Gasteiger partial charge in [-0.25, -0.2) is 4.79 Å². The van der Waals surface area contributed by atoms with Crippen LogP contribution in [0.15, 0.2) is 36.4 Å². The Bertz CT molecular complexity index is 770. The van der Waals surface area contributed by atoms with Gasteiger partial charge in [0, 0.05) is 17.7 Å². The number of rotatable bonds is 7. The van der Waals surface area contributed by atoms with Gasteiger partial charge in [-0.05, 0) is 24.3 Å². The molecule has 0 aromatic heterocycles. The molecule has 0 unspecified atom stereocenters. The number of hydrogen-bond donors (Lipinski definition) is 1. The van der Waals surface area contributed by atoms with E-state index in [4.69, 9.17) is 24.7 Å². The first-order chi connectivity index (χ1) is 12.0. The summed E-state index contributed by atoms with van der Waals surface area (Å²) in [5.41, 5.74) is 6.51. The van der Waals surface area contributed by atoms with Gasteiger partial charge in [0.05, 0.1) is 32.6 Å². The summed E-state index contributed by atoms with van der Waals surface area (Å²) in [7, 11) is 4.44. The van der Waals surface area contributed by atoms with Crippen molar-refractivity contribution >= 4 is 17.4 Å². The molecule has 0 spiro atoms. The lowest BCUT2D eigenvalue weighted by molar-refractivity contribution is 0.0475. The van der Waals surface area contributed by atoms with Crippen molar-refractivity contribution < 1.29 is 28.5 Å². The maximum absolute atomic E-state index is 12.2. The summed E-state index contributed by atoms with van der Waals surface area (Å²) in [5, 5.41) is 0. The number of anilines is 1. The fourth-order valence-corrected chi connectivity index (χ4v) is 2.14. The van der Waals surface area contributed by atoms with Crippen molar-refractivity contribution in [1.29, 1.82) is 0 Å². The number of carbonyl (C=O) groups is 2. The molecule has 2 aromatic rings. The van der Waals surface area contributed by atoms with Crippen LogP contribution < -0.4 is 19.9 Å². The fraction of sp³-hybridized carbons (Fsp3) is 0.222. The lowest BCUT2D eigenvalue weighted by Crippen LogP contribution is -2.15. The molecule has 7 nitrogen and oxygen atoms in total. The Labute approximate surface area is 145 Å². The molecule has 0 aliphatic carbocycles. The van der Waals surface area contributed by atoms with Crippen LogP contribution in [-0.2, 0) is 4.74 Å². The maximum Gasteiger partial charge on any atom is 0.340 e. The van der Waals surface area contributed by atoms with E-state index in [1.165, 1.54) is 33.5 Å². The number of ketones is 1. The van der Waals surface area contributed by atoms with E-state index in [0.717, 1.165) is 0 Å². The Balaban J connectivity index is 2.07. The van der Waals surface area contributed by atoms with Crippen LogP contribution in [0.25, 0.3) is 0 Å². The van der Waals surface area contributed by atoms with Gasteiger partial charge in [-0.1, -0.05) is 0 Å². The van der Waals surface area contributed by atoms with E-state index in [0.29, 0.717) is 22.8 Å². The van der Waals surface area contributed by atoms with E-state index in [9.17, 15) is 9.59 Å². The highest BCUT2D eigenvalue weighted by molar-refractivity contribution is 6.01. The first kappa shape index (κ1) is 18.1. The third kappa shape index (κ3) is 4.20. The smallest absolute Gasteiger partial charge is 0.340 e. The summed E-state index contributed by atoms with van der Waals surface area (Å²) in [4.78, 5) is 24.3. The van der Waals surface area contributed by atoms with E-state index >= 15 is 0 Å². The van der Waals surface area contributed by atoms with Gasteiger partial charge in [0.2, 0.25) is 0 Å². The predicted molar refractivity (Wildman–Crippen MR) is 91.6 cm³/mol. The van der Waals surface area contributed by atoms with E-state index in [1.807, 2.05) is 0 Å². The zero-order chi connectivity index (χ0) is 18.4. The Morgan fingerprint density at radius 3 is 2.08 bits per heavy atom. The van der Waals surface area contributed by atoms with Gasteiger partial charge < -0.3 is 24.7 Å². The molecule has 2 N–H and O–H groups in total. The van der Waals surface area contributed by atoms with Crippen LogP contribution in [0.1, 0.15) is 20.7 Å². The van der Waals surface area contributed by atoms with E-state index in [1.54, 1.807) is 24.3 Å². The number of nitrogen functional groups attached to an aromatic ring is 1. The van der Waals surface area contributed by atoms with Crippen LogP contribution in [0.4, 0.5) is 5.69 Å². The van der Waals surface area contributed by atoms with Crippen LogP contribution in [0.5, 0.6) is 17.2 Å². The molecular formula is C18H19NO6. The first-order valence-electron chi connectivity index (χ1n) is 7.36. The minimum Gasteiger partial charge on any atom is -0.497 e. The molecule has 132 valence electrons. The molecule has 0 amide bonds. The maximum atomic E-state index is 12.2. The summed E-state index contributed by atoms with van der Waals surface area (Å²) in [6.45, 7) is -0.404.